The summed E-state index contributed by atoms with van der Waals surface area (Å²) >= 11 is 0. The molecule has 2 saturated carbocycles. The average Bonchev–Trinajstić information content (AvgIpc) is 3.24. The van der Waals surface area contributed by atoms with Crippen molar-refractivity contribution in [2.24, 2.45) is 0 Å². The van der Waals surface area contributed by atoms with E-state index in [0.29, 0.717) is 11.6 Å². The van der Waals surface area contributed by atoms with Crippen molar-refractivity contribution in [1.82, 2.24) is 15.4 Å². The van der Waals surface area contributed by atoms with Gasteiger partial charge >= 0.3 is 6.09 Å². The second kappa shape index (κ2) is 6.69. The summed E-state index contributed by atoms with van der Waals surface area (Å²) in [5.41, 5.74) is -0.0853. The molecule has 2 aliphatic carbocycles. The minimum absolute atomic E-state index is 0.000767. The summed E-state index contributed by atoms with van der Waals surface area (Å²) in [7, 11) is 0. The van der Waals surface area contributed by atoms with E-state index >= 15 is 0 Å². The number of hydrogen-bond acceptors (Lipinski definition) is 4. The molecular formula is C18H27N3O4. The minimum atomic E-state index is -0.879. The van der Waals surface area contributed by atoms with Gasteiger partial charge in [0, 0.05) is 29.6 Å². The highest BCUT2D eigenvalue weighted by Crippen LogP contribution is 2.40. The summed E-state index contributed by atoms with van der Waals surface area (Å²) in [5.74, 6) is 1.03. The van der Waals surface area contributed by atoms with E-state index in [1.165, 1.54) is 0 Å². The molecule has 0 aliphatic heterocycles. The SMILES string of the molecule is CC(C)(C)N(C(=O)O)C1CCC(NC(=O)c2cc(C3CC3)on2)CC1. The zero-order valence-corrected chi connectivity index (χ0v) is 15.1. The molecule has 2 amide bonds. The van der Waals surface area contributed by atoms with Crippen LogP contribution in [0.25, 0.3) is 0 Å². The standard InChI is InChI=1S/C18H27N3O4/c1-18(2,3)21(17(23)24)13-8-6-12(7-9-13)19-16(22)14-10-15(25-20-14)11-4-5-11/h10-13H,4-9H2,1-3H3,(H,19,22)(H,23,24). The fourth-order valence-electron chi connectivity index (χ4n) is 3.69. The number of rotatable bonds is 4. The van der Waals surface area contributed by atoms with Crippen molar-refractivity contribution < 1.29 is 19.2 Å². The van der Waals surface area contributed by atoms with Crippen molar-refractivity contribution in [2.45, 2.75) is 82.8 Å². The topological polar surface area (TPSA) is 95.7 Å². The highest BCUT2D eigenvalue weighted by molar-refractivity contribution is 5.92. The van der Waals surface area contributed by atoms with Gasteiger partial charge in [-0.2, -0.15) is 0 Å². The summed E-state index contributed by atoms with van der Waals surface area (Å²) < 4.78 is 5.23. The van der Waals surface area contributed by atoms with Gasteiger partial charge < -0.3 is 19.8 Å². The molecule has 0 unspecified atom stereocenters. The van der Waals surface area contributed by atoms with E-state index in [2.05, 4.69) is 10.5 Å². The van der Waals surface area contributed by atoms with Crippen LogP contribution in [0.3, 0.4) is 0 Å². The normalized spacial score (nSPS) is 24.0. The van der Waals surface area contributed by atoms with Crippen LogP contribution in [-0.4, -0.2) is 44.8 Å². The Bertz CT molecular complexity index is 637. The first-order chi connectivity index (χ1) is 11.8. The van der Waals surface area contributed by atoms with Crippen molar-refractivity contribution in [3.63, 3.8) is 0 Å². The lowest BCUT2D eigenvalue weighted by Crippen LogP contribution is -2.53. The Hall–Kier alpha value is -2.05. The molecule has 7 nitrogen and oxygen atoms in total. The van der Waals surface area contributed by atoms with Gasteiger partial charge in [-0.25, -0.2) is 4.79 Å². The van der Waals surface area contributed by atoms with Gasteiger partial charge in [0.15, 0.2) is 5.69 Å². The highest BCUT2D eigenvalue weighted by Gasteiger charge is 2.36. The number of nitrogens with one attached hydrogen (secondary N) is 1. The van der Waals surface area contributed by atoms with Crippen LogP contribution in [0.15, 0.2) is 10.6 Å². The zero-order valence-electron chi connectivity index (χ0n) is 15.1. The van der Waals surface area contributed by atoms with Gasteiger partial charge in [0.2, 0.25) is 0 Å². The number of nitrogens with zero attached hydrogens (tertiary/aromatic N) is 2. The Labute approximate surface area is 147 Å². The van der Waals surface area contributed by atoms with Gasteiger partial charge in [-0.3, -0.25) is 4.79 Å². The number of amides is 2. The molecule has 0 saturated heterocycles. The minimum Gasteiger partial charge on any atom is -0.465 e. The Morgan fingerprint density at radius 2 is 1.84 bits per heavy atom. The predicted molar refractivity (Wildman–Crippen MR) is 91.6 cm³/mol. The second-order valence-corrected chi connectivity index (χ2v) is 8.19. The van der Waals surface area contributed by atoms with Crippen molar-refractivity contribution in [1.29, 1.82) is 0 Å². The van der Waals surface area contributed by atoms with Crippen molar-refractivity contribution >= 4 is 12.0 Å². The molecule has 7 heteroatoms. The van der Waals surface area contributed by atoms with Crippen LogP contribution in [0.4, 0.5) is 4.79 Å². The molecule has 2 fully saturated rings. The van der Waals surface area contributed by atoms with E-state index in [1.807, 2.05) is 20.8 Å². The molecule has 138 valence electrons. The molecular weight excluding hydrogens is 322 g/mol. The Balaban J connectivity index is 1.53. The monoisotopic (exact) mass is 349 g/mol. The molecule has 2 N–H and O–H groups in total. The molecule has 0 aromatic carbocycles. The summed E-state index contributed by atoms with van der Waals surface area (Å²) in [4.78, 5) is 25.4. The van der Waals surface area contributed by atoms with Crippen molar-refractivity contribution in [3.05, 3.63) is 17.5 Å². The Kier molecular flexibility index (Phi) is 4.75. The molecule has 0 bridgehead atoms. The first-order valence-electron chi connectivity index (χ1n) is 9.05. The largest absolute Gasteiger partial charge is 0.465 e. The molecule has 0 radical (unpaired) electrons. The molecule has 1 heterocycles. The smallest absolute Gasteiger partial charge is 0.407 e. The van der Waals surface area contributed by atoms with Gasteiger partial charge in [0.1, 0.15) is 5.76 Å². The van der Waals surface area contributed by atoms with Crippen LogP contribution >= 0.6 is 0 Å². The van der Waals surface area contributed by atoms with Gasteiger partial charge in [0.25, 0.3) is 5.91 Å². The van der Waals surface area contributed by atoms with Crippen molar-refractivity contribution in [3.8, 4) is 0 Å². The lowest BCUT2D eigenvalue weighted by atomic mass is 9.88. The van der Waals surface area contributed by atoms with Crippen molar-refractivity contribution in [2.75, 3.05) is 0 Å². The third-order valence-electron chi connectivity index (χ3n) is 5.07. The van der Waals surface area contributed by atoms with E-state index < -0.39 is 11.6 Å². The maximum absolute atomic E-state index is 12.3. The van der Waals surface area contributed by atoms with Crippen LogP contribution in [0.1, 0.15) is 81.5 Å². The summed E-state index contributed by atoms with van der Waals surface area (Å²) in [6.45, 7) is 5.74. The molecule has 1 aromatic rings. The predicted octanol–water partition coefficient (Wildman–Crippen LogP) is 3.37. The van der Waals surface area contributed by atoms with E-state index in [9.17, 15) is 14.7 Å². The Morgan fingerprint density at radius 3 is 2.36 bits per heavy atom. The molecule has 1 aromatic heterocycles. The summed E-state index contributed by atoms with van der Waals surface area (Å²) in [5, 5.41) is 16.4. The van der Waals surface area contributed by atoms with E-state index in [4.69, 9.17) is 4.52 Å². The van der Waals surface area contributed by atoms with Gasteiger partial charge in [-0.05, 0) is 59.3 Å². The van der Waals surface area contributed by atoms with Crippen LogP contribution in [-0.2, 0) is 0 Å². The van der Waals surface area contributed by atoms with Crippen LogP contribution in [0.5, 0.6) is 0 Å². The highest BCUT2D eigenvalue weighted by atomic mass is 16.5. The van der Waals surface area contributed by atoms with Gasteiger partial charge in [-0.15, -0.1) is 0 Å². The number of carbonyl (C=O) groups excluding carboxylic acids is 1. The second-order valence-electron chi connectivity index (χ2n) is 8.19. The molecule has 3 rings (SSSR count). The molecule has 0 atom stereocenters. The van der Waals surface area contributed by atoms with Crippen LogP contribution in [0, 0.1) is 0 Å². The van der Waals surface area contributed by atoms with Crippen LogP contribution in [0.2, 0.25) is 0 Å². The fourth-order valence-corrected chi connectivity index (χ4v) is 3.69. The molecule has 25 heavy (non-hydrogen) atoms. The fraction of sp³-hybridized carbons (Fsp3) is 0.722. The number of carboxylic acid groups (broad SMARTS) is 1. The number of aromatic nitrogens is 1. The van der Waals surface area contributed by atoms with E-state index in [1.54, 1.807) is 11.0 Å². The lowest BCUT2D eigenvalue weighted by molar-refractivity contribution is 0.0519. The van der Waals surface area contributed by atoms with E-state index in [-0.39, 0.29) is 18.0 Å². The number of hydrogen-bond donors (Lipinski definition) is 2. The first kappa shape index (κ1) is 17.8. The Morgan fingerprint density at radius 1 is 1.20 bits per heavy atom. The third-order valence-corrected chi connectivity index (χ3v) is 5.07. The molecule has 0 spiro atoms. The average molecular weight is 349 g/mol. The van der Waals surface area contributed by atoms with E-state index in [0.717, 1.165) is 44.3 Å². The maximum atomic E-state index is 12.3. The lowest BCUT2D eigenvalue weighted by Gasteiger charge is -2.42. The van der Waals surface area contributed by atoms with Gasteiger partial charge in [-0.1, -0.05) is 5.16 Å². The van der Waals surface area contributed by atoms with Crippen LogP contribution < -0.4 is 5.32 Å². The third kappa shape index (κ3) is 4.14. The summed E-state index contributed by atoms with van der Waals surface area (Å²) in [6.07, 6.45) is 4.37. The first-order valence-corrected chi connectivity index (χ1v) is 9.05. The maximum Gasteiger partial charge on any atom is 0.407 e. The molecule has 2 aliphatic rings. The van der Waals surface area contributed by atoms with Gasteiger partial charge in [0.05, 0.1) is 0 Å². The zero-order chi connectivity index (χ0) is 18.2. The number of carbonyl (C=O) groups is 2. The summed E-state index contributed by atoms with van der Waals surface area (Å²) in [6, 6.07) is 1.80. The quantitative estimate of drug-likeness (QED) is 0.869.